The quantitative estimate of drug-likeness (QED) is 0.831. The number of nitrogens with zero attached hydrogens (tertiary/aromatic N) is 3. The second-order valence-corrected chi connectivity index (χ2v) is 7.16. The highest BCUT2D eigenvalue weighted by molar-refractivity contribution is 5.94. The monoisotopic (exact) mass is 354 g/mol. The molecule has 1 fully saturated rings. The number of carbonyl (C=O) groups excluding carboxylic acids is 1. The Hall–Kier alpha value is -2.14. The van der Waals surface area contributed by atoms with Gasteiger partial charge >= 0.3 is 0 Å². The number of aromatic nitrogens is 2. The lowest BCUT2D eigenvalue weighted by Gasteiger charge is -2.14. The van der Waals surface area contributed by atoms with Gasteiger partial charge in [0.15, 0.2) is 0 Å². The van der Waals surface area contributed by atoms with Crippen molar-refractivity contribution in [3.63, 3.8) is 0 Å². The van der Waals surface area contributed by atoms with E-state index in [0.29, 0.717) is 13.1 Å². The van der Waals surface area contributed by atoms with Crippen molar-refractivity contribution >= 4 is 5.91 Å². The molecule has 0 spiro atoms. The number of benzene rings is 1. The molecule has 0 atom stereocenters. The average molecular weight is 354 g/mol. The van der Waals surface area contributed by atoms with Crippen molar-refractivity contribution in [2.45, 2.75) is 53.1 Å². The first kappa shape index (κ1) is 18.6. The number of rotatable bonds is 7. The van der Waals surface area contributed by atoms with Gasteiger partial charge in [0.25, 0.3) is 5.91 Å². The number of carbonyl (C=O) groups is 1. The molecule has 0 unspecified atom stereocenters. The third kappa shape index (κ3) is 4.33. The van der Waals surface area contributed by atoms with Crippen LogP contribution < -0.4 is 5.32 Å². The minimum atomic E-state index is -0.0185. The molecule has 1 aliphatic heterocycles. The number of amides is 1. The third-order valence-electron chi connectivity index (χ3n) is 5.32. The van der Waals surface area contributed by atoms with Crippen LogP contribution in [0.3, 0.4) is 0 Å². The molecule has 2 heterocycles. The Bertz CT molecular complexity index is 742. The molecule has 1 aliphatic rings. The first-order chi connectivity index (χ1) is 12.6. The van der Waals surface area contributed by atoms with Gasteiger partial charge in [-0.15, -0.1) is 0 Å². The van der Waals surface area contributed by atoms with Crippen LogP contribution in [-0.2, 0) is 19.5 Å². The number of likely N-dealkylation sites (tertiary alicyclic amines) is 1. The van der Waals surface area contributed by atoms with Gasteiger partial charge in [-0.2, -0.15) is 5.10 Å². The van der Waals surface area contributed by atoms with Crippen molar-refractivity contribution in [1.82, 2.24) is 20.0 Å². The summed E-state index contributed by atoms with van der Waals surface area (Å²) in [7, 11) is 0. The van der Waals surface area contributed by atoms with Crippen molar-refractivity contribution in [2.24, 2.45) is 0 Å². The number of hydrogen-bond acceptors (Lipinski definition) is 3. The Morgan fingerprint density at radius 1 is 1.15 bits per heavy atom. The summed E-state index contributed by atoms with van der Waals surface area (Å²) in [6.07, 6.45) is 3.60. The van der Waals surface area contributed by atoms with Crippen LogP contribution in [0, 0.1) is 13.8 Å². The number of hydrogen-bond donors (Lipinski definition) is 1. The Morgan fingerprint density at radius 2 is 1.85 bits per heavy atom. The van der Waals surface area contributed by atoms with Crippen LogP contribution in [0.2, 0.25) is 0 Å². The van der Waals surface area contributed by atoms with E-state index in [2.05, 4.69) is 41.3 Å². The van der Waals surface area contributed by atoms with Gasteiger partial charge in [-0.1, -0.05) is 19.1 Å². The minimum Gasteiger partial charge on any atom is -0.350 e. The molecule has 0 bridgehead atoms. The van der Waals surface area contributed by atoms with E-state index in [9.17, 15) is 4.79 Å². The summed E-state index contributed by atoms with van der Waals surface area (Å²) >= 11 is 0. The summed E-state index contributed by atoms with van der Waals surface area (Å²) in [6.45, 7) is 10.9. The van der Waals surface area contributed by atoms with Gasteiger partial charge in [0.05, 0.1) is 12.2 Å². The van der Waals surface area contributed by atoms with Gasteiger partial charge in [0.1, 0.15) is 0 Å². The molecule has 0 radical (unpaired) electrons. The maximum atomic E-state index is 12.4. The molecule has 0 aliphatic carbocycles. The normalized spacial score (nSPS) is 14.7. The predicted molar refractivity (Wildman–Crippen MR) is 104 cm³/mol. The summed E-state index contributed by atoms with van der Waals surface area (Å²) in [5.74, 6) is -0.0185. The molecule has 5 heteroatoms. The zero-order chi connectivity index (χ0) is 18.5. The molecular formula is C21H30N4O. The first-order valence-corrected chi connectivity index (χ1v) is 9.71. The molecule has 1 aromatic heterocycles. The van der Waals surface area contributed by atoms with Crippen LogP contribution in [0.25, 0.3) is 0 Å². The molecule has 1 saturated heterocycles. The highest BCUT2D eigenvalue weighted by Crippen LogP contribution is 2.14. The van der Waals surface area contributed by atoms with E-state index in [1.165, 1.54) is 42.8 Å². The molecule has 1 amide bonds. The van der Waals surface area contributed by atoms with E-state index in [4.69, 9.17) is 0 Å². The lowest BCUT2D eigenvalue weighted by molar-refractivity contribution is 0.0952. The lowest BCUT2D eigenvalue weighted by Crippen LogP contribution is -2.27. The van der Waals surface area contributed by atoms with Crippen LogP contribution in [0.15, 0.2) is 24.3 Å². The molecule has 1 N–H and O–H groups in total. The summed E-state index contributed by atoms with van der Waals surface area (Å²) in [5, 5.41) is 7.58. The van der Waals surface area contributed by atoms with E-state index >= 15 is 0 Å². The largest absolute Gasteiger partial charge is 0.350 e. The van der Waals surface area contributed by atoms with Crippen LogP contribution in [-0.4, -0.2) is 40.2 Å². The second-order valence-electron chi connectivity index (χ2n) is 7.16. The Kier molecular flexibility index (Phi) is 6.09. The van der Waals surface area contributed by atoms with Crippen LogP contribution >= 0.6 is 0 Å². The minimum absolute atomic E-state index is 0.0185. The highest BCUT2D eigenvalue weighted by atomic mass is 16.1. The lowest BCUT2D eigenvalue weighted by atomic mass is 10.1. The Labute approximate surface area is 156 Å². The van der Waals surface area contributed by atoms with E-state index in [-0.39, 0.29) is 5.91 Å². The average Bonchev–Trinajstić information content (AvgIpc) is 3.23. The van der Waals surface area contributed by atoms with E-state index < -0.39 is 0 Å². The van der Waals surface area contributed by atoms with E-state index in [1.807, 2.05) is 23.7 Å². The summed E-state index contributed by atoms with van der Waals surface area (Å²) in [6, 6.07) is 8.00. The van der Waals surface area contributed by atoms with Crippen LogP contribution in [0.5, 0.6) is 0 Å². The van der Waals surface area contributed by atoms with Crippen molar-refractivity contribution in [3.8, 4) is 0 Å². The number of nitrogens with one attached hydrogen (secondary N) is 1. The first-order valence-electron chi connectivity index (χ1n) is 9.71. The summed E-state index contributed by atoms with van der Waals surface area (Å²) in [5.41, 5.74) is 5.59. The molecule has 140 valence electrons. The Balaban J connectivity index is 1.50. The van der Waals surface area contributed by atoms with E-state index in [0.717, 1.165) is 24.2 Å². The fraction of sp³-hybridized carbons (Fsp3) is 0.524. The third-order valence-corrected chi connectivity index (χ3v) is 5.32. The fourth-order valence-electron chi connectivity index (χ4n) is 3.80. The molecular weight excluding hydrogens is 324 g/mol. The van der Waals surface area contributed by atoms with Gasteiger partial charge in [-0.3, -0.25) is 14.4 Å². The molecule has 1 aromatic carbocycles. The predicted octanol–water partition coefficient (Wildman–Crippen LogP) is 3.09. The maximum Gasteiger partial charge on any atom is 0.251 e. The van der Waals surface area contributed by atoms with Gasteiger partial charge in [-0.05, 0) is 69.5 Å². The zero-order valence-electron chi connectivity index (χ0n) is 16.2. The van der Waals surface area contributed by atoms with Crippen molar-refractivity contribution in [2.75, 3.05) is 19.6 Å². The number of aryl methyl sites for hydroxylation is 1. The molecule has 5 nitrogen and oxygen atoms in total. The van der Waals surface area contributed by atoms with Gasteiger partial charge in [0, 0.05) is 24.3 Å². The zero-order valence-corrected chi connectivity index (χ0v) is 16.2. The smallest absolute Gasteiger partial charge is 0.251 e. The molecule has 26 heavy (non-hydrogen) atoms. The van der Waals surface area contributed by atoms with E-state index in [1.54, 1.807) is 0 Å². The second kappa shape index (κ2) is 8.49. The van der Waals surface area contributed by atoms with Gasteiger partial charge in [-0.25, -0.2) is 0 Å². The van der Waals surface area contributed by atoms with Crippen LogP contribution in [0.1, 0.15) is 52.6 Å². The summed E-state index contributed by atoms with van der Waals surface area (Å²) in [4.78, 5) is 14.8. The standard InChI is InChI=1S/C21H30N4O/c1-4-20-16(2)23-25(17(20)3)14-11-22-21(26)19-9-7-18(8-10-19)15-24-12-5-6-13-24/h7-10H,4-6,11-15H2,1-3H3,(H,22,26). The van der Waals surface area contributed by atoms with Crippen molar-refractivity contribution in [1.29, 1.82) is 0 Å². The van der Waals surface area contributed by atoms with Crippen molar-refractivity contribution in [3.05, 3.63) is 52.3 Å². The van der Waals surface area contributed by atoms with Crippen LogP contribution in [0.4, 0.5) is 0 Å². The maximum absolute atomic E-state index is 12.4. The SMILES string of the molecule is CCc1c(C)nn(CCNC(=O)c2ccc(CN3CCCC3)cc2)c1C. The van der Waals surface area contributed by atoms with Crippen molar-refractivity contribution < 1.29 is 4.79 Å². The topological polar surface area (TPSA) is 50.2 Å². The fourth-order valence-corrected chi connectivity index (χ4v) is 3.80. The molecule has 0 saturated carbocycles. The molecule has 3 rings (SSSR count). The van der Waals surface area contributed by atoms with Gasteiger partial charge in [0.2, 0.25) is 0 Å². The Morgan fingerprint density at radius 3 is 2.46 bits per heavy atom. The summed E-state index contributed by atoms with van der Waals surface area (Å²) < 4.78 is 1.99. The highest BCUT2D eigenvalue weighted by Gasteiger charge is 2.13. The molecule has 2 aromatic rings. The van der Waals surface area contributed by atoms with Gasteiger partial charge < -0.3 is 5.32 Å².